The first-order valence-electron chi connectivity index (χ1n) is 7.55. The Morgan fingerprint density at radius 2 is 2.04 bits per heavy atom. The molecule has 23 heavy (non-hydrogen) atoms. The monoisotopic (exact) mass is 341 g/mol. The highest BCUT2D eigenvalue weighted by atomic mass is 35.5. The van der Waals surface area contributed by atoms with Crippen molar-refractivity contribution in [1.29, 1.82) is 0 Å². The van der Waals surface area contributed by atoms with Gasteiger partial charge in [-0.05, 0) is 56.6 Å². The van der Waals surface area contributed by atoms with Crippen molar-refractivity contribution in [2.45, 2.75) is 12.8 Å². The molecule has 1 aliphatic rings. The summed E-state index contributed by atoms with van der Waals surface area (Å²) in [6.45, 7) is 2.52. The lowest BCUT2D eigenvalue weighted by Crippen LogP contribution is -2.44. The number of carbonyl (C=O) groups is 2. The maximum absolute atomic E-state index is 12.2. The van der Waals surface area contributed by atoms with E-state index in [0.717, 1.165) is 32.5 Å². The molecule has 0 radical (unpaired) electrons. The number of rotatable bonds is 6. The summed E-state index contributed by atoms with van der Waals surface area (Å²) in [7, 11) is 1.93. The molecule has 1 aromatic rings. The minimum atomic E-state index is -0.480. The summed E-state index contributed by atoms with van der Waals surface area (Å²) in [6.07, 6.45) is 2.19. The number of benzene rings is 1. The predicted molar refractivity (Wildman–Crippen MR) is 90.9 cm³/mol. The average Bonchev–Trinajstić information content (AvgIpc) is 2.53. The highest BCUT2D eigenvalue weighted by molar-refractivity contribution is 5.92. The van der Waals surface area contributed by atoms with E-state index in [1.54, 1.807) is 24.3 Å². The van der Waals surface area contributed by atoms with Gasteiger partial charge in [0.2, 0.25) is 5.91 Å². The number of primary amides is 1. The number of amides is 2. The molecule has 1 aliphatic heterocycles. The molecule has 128 valence electrons. The number of piperidine rings is 1. The fraction of sp³-hybridized carbons (Fsp3) is 0.500. The second-order valence-electron chi connectivity index (χ2n) is 5.58. The second-order valence-corrected chi connectivity index (χ2v) is 5.58. The van der Waals surface area contributed by atoms with E-state index in [1.807, 2.05) is 11.9 Å². The molecule has 6 nitrogen and oxygen atoms in total. The van der Waals surface area contributed by atoms with Crippen molar-refractivity contribution < 1.29 is 14.3 Å². The van der Waals surface area contributed by atoms with E-state index >= 15 is 0 Å². The number of likely N-dealkylation sites (tertiary alicyclic amines) is 1. The number of ether oxygens (including phenoxy) is 1. The Morgan fingerprint density at radius 3 is 2.65 bits per heavy atom. The second kappa shape index (κ2) is 9.37. The Labute approximate surface area is 142 Å². The van der Waals surface area contributed by atoms with Crippen LogP contribution in [0.4, 0.5) is 0 Å². The van der Waals surface area contributed by atoms with Crippen molar-refractivity contribution in [2.75, 3.05) is 33.3 Å². The first-order chi connectivity index (χ1) is 10.6. The van der Waals surface area contributed by atoms with E-state index in [2.05, 4.69) is 5.32 Å². The van der Waals surface area contributed by atoms with E-state index in [1.165, 1.54) is 0 Å². The zero-order valence-corrected chi connectivity index (χ0v) is 14.1. The van der Waals surface area contributed by atoms with Gasteiger partial charge in [-0.1, -0.05) is 0 Å². The predicted octanol–water partition coefficient (Wildman–Crippen LogP) is 1.04. The standard InChI is InChI=1S/C16H23N3O3.ClH/c1-18-9-12-3-2-8-19(10-12)15(20)11-22-14-6-4-13(5-7-14)16(17)21;/h4-7,12,18H,2-3,8-11H2,1H3,(H2,17,21);1H. The van der Waals surface area contributed by atoms with Gasteiger partial charge in [0.25, 0.3) is 5.91 Å². The van der Waals surface area contributed by atoms with Gasteiger partial charge in [0, 0.05) is 18.7 Å². The molecule has 1 heterocycles. The maximum Gasteiger partial charge on any atom is 0.260 e. The third kappa shape index (κ3) is 5.73. The van der Waals surface area contributed by atoms with Crippen LogP contribution >= 0.6 is 12.4 Å². The zero-order valence-electron chi connectivity index (χ0n) is 13.3. The van der Waals surface area contributed by atoms with Crippen LogP contribution in [0.5, 0.6) is 5.75 Å². The van der Waals surface area contributed by atoms with Crippen molar-refractivity contribution in [3.05, 3.63) is 29.8 Å². The van der Waals surface area contributed by atoms with Gasteiger partial charge in [0.1, 0.15) is 5.75 Å². The zero-order chi connectivity index (χ0) is 15.9. The quantitative estimate of drug-likeness (QED) is 0.809. The average molecular weight is 342 g/mol. The van der Waals surface area contributed by atoms with E-state index < -0.39 is 5.91 Å². The number of nitrogens with one attached hydrogen (secondary N) is 1. The van der Waals surface area contributed by atoms with E-state index in [0.29, 0.717) is 17.2 Å². The number of hydrogen-bond acceptors (Lipinski definition) is 4. The molecule has 1 fully saturated rings. The highest BCUT2D eigenvalue weighted by Gasteiger charge is 2.23. The molecule has 0 aromatic heterocycles. The normalized spacial score (nSPS) is 17.3. The molecule has 2 amide bonds. The third-order valence-electron chi connectivity index (χ3n) is 3.87. The van der Waals surface area contributed by atoms with Gasteiger partial charge in [0.15, 0.2) is 6.61 Å². The van der Waals surface area contributed by atoms with Gasteiger partial charge in [-0.15, -0.1) is 12.4 Å². The molecule has 1 aromatic carbocycles. The molecular formula is C16H24ClN3O3. The summed E-state index contributed by atoms with van der Waals surface area (Å²) >= 11 is 0. The number of hydrogen-bond donors (Lipinski definition) is 2. The maximum atomic E-state index is 12.2. The molecule has 1 atom stereocenters. The summed E-state index contributed by atoms with van der Waals surface area (Å²) < 4.78 is 5.49. The summed E-state index contributed by atoms with van der Waals surface area (Å²) in [6, 6.07) is 6.47. The van der Waals surface area contributed by atoms with Gasteiger partial charge in [-0.2, -0.15) is 0 Å². The molecule has 0 bridgehead atoms. The Kier molecular flexibility index (Phi) is 7.85. The van der Waals surface area contributed by atoms with Crippen molar-refractivity contribution in [3.63, 3.8) is 0 Å². The van der Waals surface area contributed by atoms with Crippen LogP contribution in [-0.4, -0.2) is 50.0 Å². The van der Waals surface area contributed by atoms with Crippen LogP contribution in [0.3, 0.4) is 0 Å². The molecule has 0 spiro atoms. The van der Waals surface area contributed by atoms with Crippen molar-refractivity contribution in [2.24, 2.45) is 11.7 Å². The largest absolute Gasteiger partial charge is 0.484 e. The Hall–Kier alpha value is -1.79. The van der Waals surface area contributed by atoms with E-state index in [-0.39, 0.29) is 24.9 Å². The fourth-order valence-corrected chi connectivity index (χ4v) is 2.70. The number of nitrogens with two attached hydrogens (primary N) is 1. The molecule has 0 aliphatic carbocycles. The minimum absolute atomic E-state index is 0. The van der Waals surface area contributed by atoms with Crippen LogP contribution in [-0.2, 0) is 4.79 Å². The smallest absolute Gasteiger partial charge is 0.260 e. The number of carbonyl (C=O) groups excluding carboxylic acids is 2. The fourth-order valence-electron chi connectivity index (χ4n) is 2.70. The molecule has 0 saturated carbocycles. The first-order valence-corrected chi connectivity index (χ1v) is 7.55. The van der Waals surface area contributed by atoms with Gasteiger partial charge in [-0.25, -0.2) is 0 Å². The Bertz CT molecular complexity index is 520. The molecular weight excluding hydrogens is 318 g/mol. The summed E-state index contributed by atoms with van der Waals surface area (Å²) in [5, 5.41) is 3.16. The lowest BCUT2D eigenvalue weighted by Gasteiger charge is -2.32. The topological polar surface area (TPSA) is 84.7 Å². The molecule has 2 rings (SSSR count). The summed E-state index contributed by atoms with van der Waals surface area (Å²) in [4.78, 5) is 25.1. The van der Waals surface area contributed by atoms with E-state index in [9.17, 15) is 9.59 Å². The highest BCUT2D eigenvalue weighted by Crippen LogP contribution is 2.17. The van der Waals surface area contributed by atoms with Crippen LogP contribution < -0.4 is 15.8 Å². The van der Waals surface area contributed by atoms with Crippen LogP contribution in [0.15, 0.2) is 24.3 Å². The van der Waals surface area contributed by atoms with Crippen LogP contribution in [0.1, 0.15) is 23.2 Å². The van der Waals surface area contributed by atoms with Crippen molar-refractivity contribution in [3.8, 4) is 5.75 Å². The third-order valence-corrected chi connectivity index (χ3v) is 3.87. The summed E-state index contributed by atoms with van der Waals surface area (Å²) in [5.41, 5.74) is 5.60. The van der Waals surface area contributed by atoms with Gasteiger partial charge >= 0.3 is 0 Å². The number of nitrogens with zero attached hydrogens (tertiary/aromatic N) is 1. The van der Waals surface area contributed by atoms with Crippen LogP contribution in [0.25, 0.3) is 0 Å². The van der Waals surface area contributed by atoms with Gasteiger partial charge in [0.05, 0.1) is 0 Å². The molecule has 3 N–H and O–H groups in total. The van der Waals surface area contributed by atoms with Crippen LogP contribution in [0, 0.1) is 5.92 Å². The lowest BCUT2D eigenvalue weighted by molar-refractivity contribution is -0.135. The SMILES string of the molecule is CNCC1CCCN(C(=O)COc2ccc(C(N)=O)cc2)C1.Cl. The van der Waals surface area contributed by atoms with Crippen molar-refractivity contribution >= 4 is 24.2 Å². The van der Waals surface area contributed by atoms with Crippen LogP contribution in [0.2, 0.25) is 0 Å². The lowest BCUT2D eigenvalue weighted by atomic mass is 9.98. The molecule has 1 saturated heterocycles. The summed E-state index contributed by atoms with van der Waals surface area (Å²) in [5.74, 6) is 0.589. The Morgan fingerprint density at radius 1 is 1.35 bits per heavy atom. The minimum Gasteiger partial charge on any atom is -0.484 e. The molecule has 7 heteroatoms. The van der Waals surface area contributed by atoms with Crippen molar-refractivity contribution in [1.82, 2.24) is 10.2 Å². The molecule has 1 unspecified atom stereocenters. The van der Waals surface area contributed by atoms with Gasteiger partial charge in [-0.3, -0.25) is 9.59 Å². The number of halogens is 1. The van der Waals surface area contributed by atoms with E-state index in [4.69, 9.17) is 10.5 Å². The first kappa shape index (κ1) is 19.3. The van der Waals surface area contributed by atoms with Gasteiger partial charge < -0.3 is 20.7 Å². The Balaban J connectivity index is 0.00000264.